The number of aryl methyl sites for hydroxylation is 1. The van der Waals surface area contributed by atoms with Crippen LogP contribution in [0.4, 0.5) is 5.69 Å². The zero-order chi connectivity index (χ0) is 14.5. The van der Waals surface area contributed by atoms with Crippen LogP contribution in [0.25, 0.3) is 0 Å². The first kappa shape index (κ1) is 14.6. The summed E-state index contributed by atoms with van der Waals surface area (Å²) in [4.78, 5) is 6.72. The number of nitrogens with zero attached hydrogens (tertiary/aromatic N) is 3. The Bertz CT molecular complexity index is 545. The van der Waals surface area contributed by atoms with Gasteiger partial charge < -0.3 is 10.3 Å². The van der Waals surface area contributed by atoms with Crippen molar-refractivity contribution >= 4 is 5.69 Å². The van der Waals surface area contributed by atoms with Crippen LogP contribution in [0.5, 0.6) is 0 Å². The zero-order valence-corrected chi connectivity index (χ0v) is 12.6. The summed E-state index contributed by atoms with van der Waals surface area (Å²) in [7, 11) is 0. The van der Waals surface area contributed by atoms with Gasteiger partial charge in [-0.25, -0.2) is 4.98 Å². The average Bonchev–Trinajstić information content (AvgIpc) is 2.80. The van der Waals surface area contributed by atoms with Crippen LogP contribution in [0, 0.1) is 6.92 Å². The lowest BCUT2D eigenvalue weighted by molar-refractivity contribution is 0.204. The summed E-state index contributed by atoms with van der Waals surface area (Å²) in [5.41, 5.74) is 7.95. The van der Waals surface area contributed by atoms with Crippen molar-refractivity contribution in [1.82, 2.24) is 14.5 Å². The predicted octanol–water partition coefficient (Wildman–Crippen LogP) is 2.68. The van der Waals surface area contributed by atoms with E-state index in [4.69, 9.17) is 5.73 Å². The van der Waals surface area contributed by atoms with E-state index in [2.05, 4.69) is 40.4 Å². The highest BCUT2D eigenvalue weighted by atomic mass is 15.2. The second-order valence-electron chi connectivity index (χ2n) is 5.48. The van der Waals surface area contributed by atoms with E-state index in [1.807, 2.05) is 31.5 Å². The van der Waals surface area contributed by atoms with Gasteiger partial charge >= 0.3 is 0 Å². The minimum absolute atomic E-state index is 0.500. The molecular weight excluding hydrogens is 248 g/mol. The Morgan fingerprint density at radius 2 is 2.15 bits per heavy atom. The van der Waals surface area contributed by atoms with Crippen LogP contribution >= 0.6 is 0 Å². The average molecular weight is 272 g/mol. The Kier molecular flexibility index (Phi) is 4.79. The molecule has 2 rings (SSSR count). The number of anilines is 1. The maximum Gasteiger partial charge on any atom is 0.105 e. The number of hydrogen-bond donors (Lipinski definition) is 1. The van der Waals surface area contributed by atoms with Crippen LogP contribution in [0.1, 0.15) is 25.2 Å². The van der Waals surface area contributed by atoms with Crippen LogP contribution in [-0.4, -0.2) is 27.0 Å². The Hall–Kier alpha value is -1.81. The van der Waals surface area contributed by atoms with Crippen LogP contribution in [0.15, 0.2) is 36.7 Å². The van der Waals surface area contributed by atoms with Crippen molar-refractivity contribution in [2.75, 3.05) is 12.3 Å². The Balaban J connectivity index is 1.99. The summed E-state index contributed by atoms with van der Waals surface area (Å²) >= 11 is 0. The van der Waals surface area contributed by atoms with E-state index in [9.17, 15) is 0 Å². The number of benzene rings is 1. The molecule has 0 fully saturated rings. The molecule has 2 N–H and O–H groups in total. The van der Waals surface area contributed by atoms with Gasteiger partial charge in [-0.3, -0.25) is 4.90 Å². The molecule has 0 unspecified atom stereocenters. The van der Waals surface area contributed by atoms with Gasteiger partial charge in [-0.05, 0) is 38.5 Å². The summed E-state index contributed by atoms with van der Waals surface area (Å²) in [5, 5.41) is 0. The summed E-state index contributed by atoms with van der Waals surface area (Å²) in [6.07, 6.45) is 3.89. The second kappa shape index (κ2) is 6.57. The van der Waals surface area contributed by atoms with Crippen molar-refractivity contribution in [2.24, 2.45) is 0 Å². The van der Waals surface area contributed by atoms with E-state index in [0.29, 0.717) is 6.04 Å². The highest BCUT2D eigenvalue weighted by Crippen LogP contribution is 2.12. The normalized spacial score (nSPS) is 11.4. The lowest BCUT2D eigenvalue weighted by Crippen LogP contribution is -2.33. The zero-order valence-electron chi connectivity index (χ0n) is 12.6. The summed E-state index contributed by atoms with van der Waals surface area (Å²) < 4.78 is 2.19. The molecule has 0 spiro atoms. The molecule has 20 heavy (non-hydrogen) atoms. The minimum Gasteiger partial charge on any atom is -0.399 e. The molecule has 0 radical (unpaired) electrons. The van der Waals surface area contributed by atoms with Gasteiger partial charge in [-0.2, -0.15) is 0 Å². The van der Waals surface area contributed by atoms with Crippen LogP contribution in [0.2, 0.25) is 0 Å². The van der Waals surface area contributed by atoms with E-state index in [-0.39, 0.29) is 0 Å². The third kappa shape index (κ3) is 3.84. The number of aromatic nitrogens is 2. The third-order valence-electron chi connectivity index (χ3n) is 3.62. The Morgan fingerprint density at radius 3 is 2.75 bits per heavy atom. The van der Waals surface area contributed by atoms with Gasteiger partial charge in [0.25, 0.3) is 0 Å². The van der Waals surface area contributed by atoms with Crippen molar-refractivity contribution in [2.45, 2.75) is 39.9 Å². The van der Waals surface area contributed by atoms with Crippen LogP contribution in [-0.2, 0) is 13.1 Å². The van der Waals surface area contributed by atoms with E-state index < -0.39 is 0 Å². The van der Waals surface area contributed by atoms with Crippen molar-refractivity contribution in [3.8, 4) is 0 Å². The van der Waals surface area contributed by atoms with Gasteiger partial charge in [0.05, 0.1) is 0 Å². The topological polar surface area (TPSA) is 47.1 Å². The van der Waals surface area contributed by atoms with Gasteiger partial charge in [0.15, 0.2) is 0 Å². The molecule has 2 aromatic rings. The molecular formula is C16H24N4. The number of nitrogen functional groups attached to an aromatic ring is 1. The van der Waals surface area contributed by atoms with Crippen molar-refractivity contribution < 1.29 is 0 Å². The maximum absolute atomic E-state index is 5.85. The maximum atomic E-state index is 5.85. The number of imidazole rings is 1. The molecule has 108 valence electrons. The lowest BCUT2D eigenvalue weighted by Gasteiger charge is -2.27. The van der Waals surface area contributed by atoms with Crippen molar-refractivity contribution in [1.29, 1.82) is 0 Å². The summed E-state index contributed by atoms with van der Waals surface area (Å²) in [6.45, 7) is 9.39. The molecule has 1 heterocycles. The molecule has 0 bridgehead atoms. The van der Waals surface area contributed by atoms with Gasteiger partial charge in [0.1, 0.15) is 5.82 Å². The van der Waals surface area contributed by atoms with E-state index in [1.54, 1.807) is 0 Å². The van der Waals surface area contributed by atoms with Crippen LogP contribution in [0.3, 0.4) is 0 Å². The fourth-order valence-corrected chi connectivity index (χ4v) is 2.32. The van der Waals surface area contributed by atoms with Crippen molar-refractivity contribution in [3.63, 3.8) is 0 Å². The molecule has 0 aliphatic rings. The monoisotopic (exact) mass is 272 g/mol. The SMILES string of the molecule is Cc1nccn1CCN(Cc1cccc(N)c1)C(C)C. The smallest absolute Gasteiger partial charge is 0.105 e. The van der Waals surface area contributed by atoms with Gasteiger partial charge in [-0.15, -0.1) is 0 Å². The molecule has 0 saturated carbocycles. The standard InChI is InChI=1S/C16H24N4/c1-13(2)20(10-9-19-8-7-18-14(19)3)12-15-5-4-6-16(17)11-15/h4-8,11,13H,9-10,12,17H2,1-3H3. The number of nitrogens with two attached hydrogens (primary N) is 1. The van der Waals surface area contributed by atoms with E-state index in [0.717, 1.165) is 31.1 Å². The summed E-state index contributed by atoms with van der Waals surface area (Å²) in [6, 6.07) is 8.63. The van der Waals surface area contributed by atoms with Crippen molar-refractivity contribution in [3.05, 3.63) is 48.0 Å². The lowest BCUT2D eigenvalue weighted by atomic mass is 10.1. The quantitative estimate of drug-likeness (QED) is 0.822. The molecule has 4 heteroatoms. The second-order valence-corrected chi connectivity index (χ2v) is 5.48. The fourth-order valence-electron chi connectivity index (χ4n) is 2.32. The largest absolute Gasteiger partial charge is 0.399 e. The number of rotatable bonds is 6. The fraction of sp³-hybridized carbons (Fsp3) is 0.438. The molecule has 0 aliphatic heterocycles. The van der Waals surface area contributed by atoms with Gasteiger partial charge in [-0.1, -0.05) is 12.1 Å². The van der Waals surface area contributed by atoms with E-state index in [1.165, 1.54) is 5.56 Å². The molecule has 0 aliphatic carbocycles. The summed E-state index contributed by atoms with van der Waals surface area (Å²) in [5.74, 6) is 1.07. The van der Waals surface area contributed by atoms with Gasteiger partial charge in [0.2, 0.25) is 0 Å². The number of hydrogen-bond acceptors (Lipinski definition) is 3. The predicted molar refractivity (Wildman–Crippen MR) is 83.4 cm³/mol. The first-order chi connectivity index (χ1) is 9.56. The van der Waals surface area contributed by atoms with E-state index >= 15 is 0 Å². The third-order valence-corrected chi connectivity index (χ3v) is 3.62. The molecule has 0 amide bonds. The Morgan fingerprint density at radius 1 is 1.35 bits per heavy atom. The highest BCUT2D eigenvalue weighted by molar-refractivity contribution is 5.40. The minimum atomic E-state index is 0.500. The molecule has 1 aromatic heterocycles. The molecule has 0 saturated heterocycles. The first-order valence-corrected chi connectivity index (χ1v) is 7.12. The van der Waals surface area contributed by atoms with Crippen LogP contribution < -0.4 is 5.73 Å². The molecule has 1 aromatic carbocycles. The molecule has 4 nitrogen and oxygen atoms in total. The first-order valence-electron chi connectivity index (χ1n) is 7.12. The molecule has 0 atom stereocenters. The van der Waals surface area contributed by atoms with Gasteiger partial charge in [0, 0.05) is 43.8 Å². The Labute approximate surface area is 121 Å². The highest BCUT2D eigenvalue weighted by Gasteiger charge is 2.11.